The van der Waals surface area contributed by atoms with Crippen LogP contribution in [0.4, 0.5) is 0 Å². The molecule has 132 valence electrons. The standard InChI is InChI=1S/C23H22BrNO/c24-18-12-14-19(15-13-18)26-17-7-1-6-16-25-22-10-4-2-8-20(22)21-9-3-5-11-23(21)25/h2-5,8-15H,1,6-7,16-17H2. The Labute approximate surface area is 162 Å². The van der Waals surface area contributed by atoms with Gasteiger partial charge in [-0.1, -0.05) is 52.3 Å². The van der Waals surface area contributed by atoms with E-state index in [2.05, 4.69) is 69.0 Å². The summed E-state index contributed by atoms with van der Waals surface area (Å²) >= 11 is 3.44. The predicted octanol–water partition coefficient (Wildman–Crippen LogP) is 6.81. The van der Waals surface area contributed by atoms with Crippen LogP contribution >= 0.6 is 15.9 Å². The highest BCUT2D eigenvalue weighted by Gasteiger charge is 2.08. The molecule has 4 aromatic rings. The zero-order chi connectivity index (χ0) is 17.8. The summed E-state index contributed by atoms with van der Waals surface area (Å²) in [6.07, 6.45) is 3.40. The number of hydrogen-bond donors (Lipinski definition) is 0. The van der Waals surface area contributed by atoms with E-state index in [-0.39, 0.29) is 0 Å². The third kappa shape index (κ3) is 3.63. The number of aryl methyl sites for hydroxylation is 1. The number of unbranched alkanes of at least 4 members (excludes halogenated alkanes) is 2. The van der Waals surface area contributed by atoms with Crippen molar-refractivity contribution in [2.24, 2.45) is 0 Å². The van der Waals surface area contributed by atoms with E-state index in [1.165, 1.54) is 21.8 Å². The lowest BCUT2D eigenvalue weighted by molar-refractivity contribution is 0.304. The smallest absolute Gasteiger partial charge is 0.119 e. The van der Waals surface area contributed by atoms with Crippen LogP contribution in [0.15, 0.2) is 77.3 Å². The molecule has 0 radical (unpaired) electrons. The highest BCUT2D eigenvalue weighted by molar-refractivity contribution is 9.10. The molecule has 3 heteroatoms. The van der Waals surface area contributed by atoms with Crippen molar-refractivity contribution in [2.45, 2.75) is 25.8 Å². The van der Waals surface area contributed by atoms with Gasteiger partial charge in [-0.2, -0.15) is 0 Å². The van der Waals surface area contributed by atoms with E-state index in [4.69, 9.17) is 4.74 Å². The Kier molecular flexibility index (Phi) is 5.26. The Balaban J connectivity index is 1.35. The molecule has 0 fully saturated rings. The van der Waals surface area contributed by atoms with E-state index in [0.717, 1.165) is 42.6 Å². The summed E-state index contributed by atoms with van der Waals surface area (Å²) in [6, 6.07) is 25.4. The van der Waals surface area contributed by atoms with Crippen molar-refractivity contribution < 1.29 is 4.74 Å². The van der Waals surface area contributed by atoms with Gasteiger partial charge >= 0.3 is 0 Å². The van der Waals surface area contributed by atoms with E-state index in [0.29, 0.717) is 0 Å². The first kappa shape index (κ1) is 17.2. The van der Waals surface area contributed by atoms with E-state index < -0.39 is 0 Å². The number of para-hydroxylation sites is 2. The summed E-state index contributed by atoms with van der Waals surface area (Å²) in [5.41, 5.74) is 2.67. The zero-order valence-corrected chi connectivity index (χ0v) is 16.3. The van der Waals surface area contributed by atoms with E-state index in [9.17, 15) is 0 Å². The molecule has 0 unspecified atom stereocenters. The van der Waals surface area contributed by atoms with Crippen molar-refractivity contribution in [3.8, 4) is 5.75 Å². The molecule has 0 spiro atoms. The summed E-state index contributed by atoms with van der Waals surface area (Å²) in [5.74, 6) is 0.940. The number of halogens is 1. The molecule has 26 heavy (non-hydrogen) atoms. The molecule has 0 aliphatic carbocycles. The minimum atomic E-state index is 0.773. The number of ether oxygens (including phenoxy) is 1. The van der Waals surface area contributed by atoms with E-state index in [1.54, 1.807) is 0 Å². The van der Waals surface area contributed by atoms with Crippen LogP contribution < -0.4 is 4.74 Å². The first-order valence-corrected chi connectivity index (χ1v) is 9.96. The summed E-state index contributed by atoms with van der Waals surface area (Å²) in [6.45, 7) is 1.82. The first-order chi connectivity index (χ1) is 12.8. The van der Waals surface area contributed by atoms with E-state index in [1.807, 2.05) is 24.3 Å². The summed E-state index contributed by atoms with van der Waals surface area (Å²) in [4.78, 5) is 0. The molecule has 0 amide bonds. The van der Waals surface area contributed by atoms with Gasteiger partial charge in [0.25, 0.3) is 0 Å². The number of nitrogens with zero attached hydrogens (tertiary/aromatic N) is 1. The quantitative estimate of drug-likeness (QED) is 0.307. The summed E-state index contributed by atoms with van der Waals surface area (Å²) in [7, 11) is 0. The van der Waals surface area contributed by atoms with Gasteiger partial charge in [0.2, 0.25) is 0 Å². The van der Waals surface area contributed by atoms with Crippen LogP contribution in [0.3, 0.4) is 0 Å². The number of fused-ring (bicyclic) bond motifs is 3. The van der Waals surface area contributed by atoms with Crippen LogP contribution in [0.1, 0.15) is 19.3 Å². The first-order valence-electron chi connectivity index (χ1n) is 9.17. The molecule has 0 aliphatic rings. The molecule has 1 heterocycles. The van der Waals surface area contributed by atoms with Crippen molar-refractivity contribution in [3.63, 3.8) is 0 Å². The molecule has 0 atom stereocenters. The second kappa shape index (κ2) is 7.96. The SMILES string of the molecule is Brc1ccc(OCCCCCn2c3ccccc3c3ccccc32)cc1. The average Bonchev–Trinajstić information content (AvgIpc) is 3.00. The molecule has 3 aromatic carbocycles. The van der Waals surface area contributed by atoms with E-state index >= 15 is 0 Å². The van der Waals surface area contributed by atoms with Gasteiger partial charge in [-0.25, -0.2) is 0 Å². The molecule has 4 rings (SSSR count). The lowest BCUT2D eigenvalue weighted by Crippen LogP contribution is -2.00. The third-order valence-electron chi connectivity index (χ3n) is 4.79. The van der Waals surface area contributed by atoms with Gasteiger partial charge in [0.05, 0.1) is 6.61 Å². The van der Waals surface area contributed by atoms with Crippen LogP contribution in [-0.4, -0.2) is 11.2 Å². The molecule has 1 aromatic heterocycles. The largest absolute Gasteiger partial charge is 0.494 e. The maximum atomic E-state index is 5.81. The van der Waals surface area contributed by atoms with Crippen LogP contribution in [0, 0.1) is 0 Å². The normalized spacial score (nSPS) is 11.3. The molecular formula is C23H22BrNO. The number of rotatable bonds is 7. The van der Waals surface area contributed by atoms with Crippen molar-refractivity contribution in [3.05, 3.63) is 77.3 Å². The second-order valence-corrected chi connectivity index (χ2v) is 7.46. The fraction of sp³-hybridized carbons (Fsp3) is 0.217. The summed E-state index contributed by atoms with van der Waals surface area (Å²) < 4.78 is 9.35. The monoisotopic (exact) mass is 407 g/mol. The van der Waals surface area contributed by atoms with Crippen molar-refractivity contribution in [2.75, 3.05) is 6.61 Å². The highest BCUT2D eigenvalue weighted by Crippen LogP contribution is 2.29. The second-order valence-electron chi connectivity index (χ2n) is 6.55. The van der Waals surface area contributed by atoms with Crippen molar-refractivity contribution in [1.29, 1.82) is 0 Å². The molecule has 0 N–H and O–H groups in total. The average molecular weight is 408 g/mol. The number of hydrogen-bond acceptors (Lipinski definition) is 1. The van der Waals surface area contributed by atoms with Gasteiger partial charge in [0.1, 0.15) is 5.75 Å². The Bertz CT molecular complexity index is 951. The van der Waals surface area contributed by atoms with Gasteiger partial charge in [-0.05, 0) is 55.7 Å². The Morgan fingerprint density at radius 1 is 0.692 bits per heavy atom. The van der Waals surface area contributed by atoms with Gasteiger partial charge in [0, 0.05) is 32.8 Å². The van der Waals surface area contributed by atoms with Gasteiger partial charge in [-0.15, -0.1) is 0 Å². The molecule has 2 nitrogen and oxygen atoms in total. The Hall–Kier alpha value is -2.26. The topological polar surface area (TPSA) is 14.2 Å². The van der Waals surface area contributed by atoms with Crippen molar-refractivity contribution >= 4 is 37.7 Å². The molecule has 0 saturated carbocycles. The van der Waals surface area contributed by atoms with Crippen LogP contribution in [0.5, 0.6) is 5.75 Å². The third-order valence-corrected chi connectivity index (χ3v) is 5.32. The lowest BCUT2D eigenvalue weighted by atomic mass is 10.2. The number of aromatic nitrogens is 1. The Morgan fingerprint density at radius 3 is 1.96 bits per heavy atom. The van der Waals surface area contributed by atoms with Gasteiger partial charge < -0.3 is 9.30 Å². The van der Waals surface area contributed by atoms with Gasteiger partial charge in [0.15, 0.2) is 0 Å². The molecule has 0 bridgehead atoms. The zero-order valence-electron chi connectivity index (χ0n) is 14.7. The Morgan fingerprint density at radius 2 is 1.31 bits per heavy atom. The minimum absolute atomic E-state index is 0.773. The number of benzene rings is 3. The molecule has 0 saturated heterocycles. The van der Waals surface area contributed by atoms with Gasteiger partial charge in [-0.3, -0.25) is 0 Å². The predicted molar refractivity (Wildman–Crippen MR) is 113 cm³/mol. The maximum Gasteiger partial charge on any atom is 0.119 e. The fourth-order valence-electron chi connectivity index (χ4n) is 3.51. The lowest BCUT2D eigenvalue weighted by Gasteiger charge is -2.08. The maximum absolute atomic E-state index is 5.81. The molecule has 0 aliphatic heterocycles. The van der Waals surface area contributed by atoms with Crippen LogP contribution in [0.2, 0.25) is 0 Å². The summed E-state index contributed by atoms with van der Waals surface area (Å²) in [5, 5.41) is 2.70. The molecular weight excluding hydrogens is 386 g/mol. The minimum Gasteiger partial charge on any atom is -0.494 e. The fourth-order valence-corrected chi connectivity index (χ4v) is 3.78. The van der Waals surface area contributed by atoms with Crippen LogP contribution in [-0.2, 0) is 6.54 Å². The van der Waals surface area contributed by atoms with Crippen LogP contribution in [0.25, 0.3) is 21.8 Å². The van der Waals surface area contributed by atoms with Crippen molar-refractivity contribution in [1.82, 2.24) is 4.57 Å². The highest BCUT2D eigenvalue weighted by atomic mass is 79.9.